The zero-order chi connectivity index (χ0) is 21.2. The smallest absolute Gasteiger partial charge is 0.790 e. The zero-order valence-electron chi connectivity index (χ0n) is 19.3. The van der Waals surface area contributed by atoms with Crippen molar-refractivity contribution in [2.24, 2.45) is 40.4 Å². The Labute approximate surface area is 228 Å². The average Bonchev–Trinajstić information content (AvgIpc) is 2.98. The van der Waals surface area contributed by atoms with Gasteiger partial charge in [0.15, 0.2) is 11.6 Å². The average molecular weight is 466 g/mol. The van der Waals surface area contributed by atoms with Crippen LogP contribution < -0.4 is 68.9 Å². The standard InChI is InChI=1S/C22H31O6P.2Na/c1-13-10-15-16-4-5-18(20(24)12-28-29(25,26)27)21(16,2)9-7-17(15)22(3)8-6-14(23)11-19(13)22;;/h6,8,11,13,15-18H,4-5,7,9-10,12H2,1-3H3,(H2,25,26,27);;/q;2*+1/p-2/t13-,15?,16?,17?,18+,21-,22+;;/m0../s1. The topological polar surface area (TPSA) is 107 Å². The maximum absolute atomic E-state index is 12.7. The minimum Gasteiger partial charge on any atom is -0.790 e. The van der Waals surface area contributed by atoms with Gasteiger partial charge in [0.1, 0.15) is 6.61 Å². The minimum absolute atomic E-state index is 0. The Morgan fingerprint density at radius 1 is 1.19 bits per heavy atom. The van der Waals surface area contributed by atoms with Crippen LogP contribution in [0.25, 0.3) is 0 Å². The number of rotatable bonds is 4. The van der Waals surface area contributed by atoms with Crippen LogP contribution in [0.5, 0.6) is 0 Å². The fraction of sp³-hybridized carbons (Fsp3) is 0.727. The molecular formula is C22H29Na2O6P. The summed E-state index contributed by atoms with van der Waals surface area (Å²) < 4.78 is 15.1. The number of allylic oxidation sites excluding steroid dienone is 4. The first kappa shape index (κ1) is 28.2. The Morgan fingerprint density at radius 3 is 2.52 bits per heavy atom. The third kappa shape index (κ3) is 5.00. The number of carbonyl (C=O) groups is 2. The van der Waals surface area contributed by atoms with Gasteiger partial charge in [0.05, 0.1) is 7.82 Å². The molecule has 3 unspecified atom stereocenters. The molecule has 9 heteroatoms. The van der Waals surface area contributed by atoms with Crippen molar-refractivity contribution in [3.05, 3.63) is 23.8 Å². The van der Waals surface area contributed by atoms with Gasteiger partial charge in [-0.1, -0.05) is 32.4 Å². The van der Waals surface area contributed by atoms with Gasteiger partial charge in [-0.3, -0.25) is 9.59 Å². The molecule has 0 bridgehead atoms. The number of hydrogen-bond acceptors (Lipinski definition) is 6. The summed E-state index contributed by atoms with van der Waals surface area (Å²) in [7, 11) is -5.14. The minimum atomic E-state index is -5.14. The van der Waals surface area contributed by atoms with E-state index in [9.17, 15) is 23.9 Å². The molecule has 3 fully saturated rings. The van der Waals surface area contributed by atoms with Gasteiger partial charge < -0.3 is 18.9 Å². The van der Waals surface area contributed by atoms with Crippen molar-refractivity contribution in [3.63, 3.8) is 0 Å². The third-order valence-electron chi connectivity index (χ3n) is 8.63. The number of ketones is 2. The molecule has 0 aliphatic heterocycles. The monoisotopic (exact) mass is 466 g/mol. The van der Waals surface area contributed by atoms with E-state index < -0.39 is 14.4 Å². The Hall–Kier alpha value is 0.930. The second kappa shape index (κ2) is 9.89. The van der Waals surface area contributed by atoms with Crippen molar-refractivity contribution in [1.29, 1.82) is 0 Å². The van der Waals surface area contributed by atoms with Crippen LogP contribution in [-0.2, 0) is 18.7 Å². The van der Waals surface area contributed by atoms with Crippen LogP contribution in [0.4, 0.5) is 0 Å². The molecule has 6 nitrogen and oxygen atoms in total. The Bertz CT molecular complexity index is 851. The van der Waals surface area contributed by atoms with Crippen molar-refractivity contribution >= 4 is 19.4 Å². The molecule has 160 valence electrons. The molecule has 0 N–H and O–H groups in total. The van der Waals surface area contributed by atoms with E-state index in [0.717, 1.165) is 32.1 Å². The van der Waals surface area contributed by atoms with E-state index in [-0.39, 0.29) is 87.4 Å². The number of Topliss-reactive ketones (excluding diaryl/α,β-unsaturated/α-hetero) is 1. The molecule has 0 aromatic heterocycles. The Kier molecular flexibility index (Phi) is 8.99. The molecule has 31 heavy (non-hydrogen) atoms. The predicted molar refractivity (Wildman–Crippen MR) is 103 cm³/mol. The van der Waals surface area contributed by atoms with Crippen molar-refractivity contribution < 1.29 is 87.6 Å². The summed E-state index contributed by atoms with van der Waals surface area (Å²) in [5, 5.41) is 0. The first-order chi connectivity index (χ1) is 13.5. The van der Waals surface area contributed by atoms with Gasteiger partial charge in [0, 0.05) is 11.3 Å². The van der Waals surface area contributed by atoms with Crippen LogP contribution in [-0.4, -0.2) is 18.2 Å². The van der Waals surface area contributed by atoms with Crippen LogP contribution in [0.2, 0.25) is 0 Å². The van der Waals surface area contributed by atoms with Gasteiger partial charge in [0.2, 0.25) is 0 Å². The number of hydrogen-bond donors (Lipinski definition) is 0. The number of fused-ring (bicyclic) bond motifs is 5. The second-order valence-electron chi connectivity index (χ2n) is 9.99. The largest absolute Gasteiger partial charge is 1.00 e. The van der Waals surface area contributed by atoms with E-state index in [0.29, 0.717) is 23.7 Å². The van der Waals surface area contributed by atoms with Crippen LogP contribution in [0, 0.1) is 40.4 Å². The van der Waals surface area contributed by atoms with Gasteiger partial charge in [-0.05, 0) is 73.3 Å². The van der Waals surface area contributed by atoms with E-state index >= 15 is 0 Å². The first-order valence-electron chi connectivity index (χ1n) is 10.6. The Balaban J connectivity index is 0.00000171. The summed E-state index contributed by atoms with van der Waals surface area (Å²) in [6, 6.07) is 0. The van der Waals surface area contributed by atoms with E-state index in [2.05, 4.69) is 31.4 Å². The number of phosphoric ester groups is 1. The van der Waals surface area contributed by atoms with Crippen molar-refractivity contribution in [2.45, 2.75) is 52.9 Å². The summed E-state index contributed by atoms with van der Waals surface area (Å²) in [5.74, 6) is 1.16. The summed E-state index contributed by atoms with van der Waals surface area (Å²) in [4.78, 5) is 46.3. The van der Waals surface area contributed by atoms with Crippen LogP contribution >= 0.6 is 7.82 Å². The molecule has 4 aliphatic carbocycles. The molecule has 3 saturated carbocycles. The van der Waals surface area contributed by atoms with Crippen molar-refractivity contribution in [3.8, 4) is 0 Å². The van der Waals surface area contributed by atoms with Gasteiger partial charge in [0.25, 0.3) is 0 Å². The maximum atomic E-state index is 12.7. The molecule has 0 radical (unpaired) electrons. The molecule has 7 atom stereocenters. The fourth-order valence-corrected chi connectivity index (χ4v) is 7.67. The molecule has 0 saturated heterocycles. The van der Waals surface area contributed by atoms with Crippen LogP contribution in [0.1, 0.15) is 52.9 Å². The van der Waals surface area contributed by atoms with E-state index in [1.54, 1.807) is 6.08 Å². The summed E-state index contributed by atoms with van der Waals surface area (Å²) in [6.07, 6.45) is 10.2. The van der Waals surface area contributed by atoms with E-state index in [4.69, 9.17) is 0 Å². The molecule has 4 aliphatic rings. The molecule has 0 aromatic rings. The first-order valence-corrected chi connectivity index (χ1v) is 12.1. The number of phosphoric acid groups is 1. The molecule has 0 spiro atoms. The molecule has 0 aromatic carbocycles. The summed E-state index contributed by atoms with van der Waals surface area (Å²) in [5.41, 5.74) is 0.944. The number of carbonyl (C=O) groups excluding carboxylic acids is 2. The summed E-state index contributed by atoms with van der Waals surface area (Å²) >= 11 is 0. The van der Waals surface area contributed by atoms with Gasteiger partial charge in [-0.2, -0.15) is 0 Å². The maximum Gasteiger partial charge on any atom is 1.00 e. The zero-order valence-corrected chi connectivity index (χ0v) is 24.2. The van der Waals surface area contributed by atoms with Gasteiger partial charge in [-0.25, -0.2) is 0 Å². The second-order valence-corrected chi connectivity index (χ2v) is 11.1. The van der Waals surface area contributed by atoms with E-state index in [1.807, 2.05) is 6.08 Å². The van der Waals surface area contributed by atoms with Gasteiger partial charge in [-0.15, -0.1) is 0 Å². The third-order valence-corrected chi connectivity index (χ3v) is 9.08. The van der Waals surface area contributed by atoms with Crippen molar-refractivity contribution in [1.82, 2.24) is 0 Å². The quantitative estimate of drug-likeness (QED) is 0.316. The molecule has 0 amide bonds. The van der Waals surface area contributed by atoms with Crippen LogP contribution in [0.15, 0.2) is 23.8 Å². The molecule has 0 heterocycles. The van der Waals surface area contributed by atoms with E-state index in [1.165, 1.54) is 5.57 Å². The van der Waals surface area contributed by atoms with Crippen molar-refractivity contribution in [2.75, 3.05) is 6.61 Å². The fourth-order valence-electron chi connectivity index (χ4n) is 7.39. The molecular weight excluding hydrogens is 437 g/mol. The SMILES string of the molecule is C[C@H]1CC2C(CC[C@@]3(C)C2CC[C@@H]3C(=O)COP(=O)([O-])[O-])[C@@]2(C)C=CC(=O)C=C12.[Na+].[Na+]. The normalized spacial score (nSPS) is 41.1. The predicted octanol–water partition coefficient (Wildman–Crippen LogP) is -3.42. The van der Waals surface area contributed by atoms with Gasteiger partial charge >= 0.3 is 59.1 Å². The molecule has 4 rings (SSSR count). The van der Waals surface area contributed by atoms with Crippen LogP contribution in [0.3, 0.4) is 0 Å². The Morgan fingerprint density at radius 2 is 1.87 bits per heavy atom. The summed E-state index contributed by atoms with van der Waals surface area (Å²) in [6.45, 7) is 5.97.